The lowest BCUT2D eigenvalue weighted by Gasteiger charge is -2.28. The van der Waals surface area contributed by atoms with Gasteiger partial charge in [0, 0.05) is 18.2 Å². The molecule has 1 unspecified atom stereocenters. The maximum atomic E-state index is 12.1. The second-order valence-electron chi connectivity index (χ2n) is 6.64. The van der Waals surface area contributed by atoms with Gasteiger partial charge in [0.15, 0.2) is 5.58 Å². The van der Waals surface area contributed by atoms with E-state index in [0.29, 0.717) is 24.4 Å². The van der Waals surface area contributed by atoms with Crippen molar-refractivity contribution < 1.29 is 19.1 Å². The zero-order valence-corrected chi connectivity index (χ0v) is 14.7. The standard InChI is InChI=1S/C18H26N2O4/c1-12-13(2)24-16-9-15(18(22)23-3)20(17(12)16)11-14(21)10-19-7-5-4-6-8-19/h9,14,21H,4-8,10-11H2,1-3H3. The van der Waals surface area contributed by atoms with E-state index in [1.54, 1.807) is 6.07 Å². The van der Waals surface area contributed by atoms with Crippen LogP contribution in [0, 0.1) is 13.8 Å². The molecular formula is C18H26N2O4. The Morgan fingerprint density at radius 3 is 2.67 bits per heavy atom. The molecule has 1 fully saturated rings. The number of esters is 1. The van der Waals surface area contributed by atoms with Crippen LogP contribution in [0.1, 0.15) is 41.1 Å². The van der Waals surface area contributed by atoms with Crippen molar-refractivity contribution in [1.29, 1.82) is 0 Å². The highest BCUT2D eigenvalue weighted by molar-refractivity contribution is 5.95. The molecule has 2 aromatic heterocycles. The van der Waals surface area contributed by atoms with Crippen molar-refractivity contribution in [3.8, 4) is 0 Å². The number of ether oxygens (including phenoxy) is 1. The van der Waals surface area contributed by atoms with Crippen LogP contribution >= 0.6 is 0 Å². The first-order chi connectivity index (χ1) is 11.5. The van der Waals surface area contributed by atoms with Crippen molar-refractivity contribution in [1.82, 2.24) is 9.47 Å². The number of fused-ring (bicyclic) bond motifs is 1. The maximum absolute atomic E-state index is 12.1. The number of furan rings is 1. The number of likely N-dealkylation sites (tertiary alicyclic amines) is 1. The number of hydrogen-bond acceptors (Lipinski definition) is 5. The molecule has 132 valence electrons. The molecule has 0 amide bonds. The minimum atomic E-state index is -0.545. The summed E-state index contributed by atoms with van der Waals surface area (Å²) in [6.45, 7) is 6.91. The van der Waals surface area contributed by atoms with Crippen molar-refractivity contribution in [2.75, 3.05) is 26.7 Å². The molecule has 1 saturated heterocycles. The van der Waals surface area contributed by atoms with Gasteiger partial charge < -0.3 is 23.7 Å². The van der Waals surface area contributed by atoms with Crippen LogP contribution in [0.2, 0.25) is 0 Å². The molecule has 0 bridgehead atoms. The largest absolute Gasteiger partial charge is 0.464 e. The van der Waals surface area contributed by atoms with E-state index in [1.807, 2.05) is 18.4 Å². The van der Waals surface area contributed by atoms with Crippen molar-refractivity contribution in [3.05, 3.63) is 23.1 Å². The first-order valence-electron chi connectivity index (χ1n) is 8.59. The van der Waals surface area contributed by atoms with Crippen LogP contribution in [0.3, 0.4) is 0 Å². The Hall–Kier alpha value is -1.79. The Kier molecular flexibility index (Phi) is 4.96. The summed E-state index contributed by atoms with van der Waals surface area (Å²) in [5.74, 6) is 0.416. The third-order valence-electron chi connectivity index (χ3n) is 4.91. The molecule has 0 saturated carbocycles. The molecule has 1 aliphatic heterocycles. The SMILES string of the molecule is COC(=O)c1cc2oc(C)c(C)c2n1CC(O)CN1CCCCC1. The van der Waals surface area contributed by atoms with Gasteiger partial charge in [-0.15, -0.1) is 0 Å². The second kappa shape index (κ2) is 6.99. The Morgan fingerprint density at radius 1 is 1.29 bits per heavy atom. The number of hydrogen-bond donors (Lipinski definition) is 1. The number of carbonyl (C=O) groups excluding carboxylic acids is 1. The third kappa shape index (κ3) is 3.21. The summed E-state index contributed by atoms with van der Waals surface area (Å²) in [6, 6.07) is 1.70. The summed E-state index contributed by atoms with van der Waals surface area (Å²) in [5.41, 5.74) is 2.94. The summed E-state index contributed by atoms with van der Waals surface area (Å²) in [6.07, 6.45) is 3.10. The molecule has 2 aromatic rings. The van der Waals surface area contributed by atoms with Gasteiger partial charge in [-0.2, -0.15) is 0 Å². The fraction of sp³-hybridized carbons (Fsp3) is 0.611. The molecule has 1 aliphatic rings. The number of aryl methyl sites for hydroxylation is 2. The molecule has 3 rings (SSSR count). The molecule has 6 nitrogen and oxygen atoms in total. The highest BCUT2D eigenvalue weighted by atomic mass is 16.5. The predicted octanol–water partition coefficient (Wildman–Crippen LogP) is 2.48. The number of methoxy groups -OCH3 is 1. The summed E-state index contributed by atoms with van der Waals surface area (Å²) in [7, 11) is 1.36. The van der Waals surface area contributed by atoms with Gasteiger partial charge in [-0.3, -0.25) is 0 Å². The molecule has 0 spiro atoms. The molecular weight excluding hydrogens is 308 g/mol. The average Bonchev–Trinajstić information content (AvgIpc) is 3.05. The molecule has 3 heterocycles. The van der Waals surface area contributed by atoms with Gasteiger partial charge in [0.25, 0.3) is 0 Å². The lowest BCUT2D eigenvalue weighted by atomic mass is 10.1. The van der Waals surface area contributed by atoms with Gasteiger partial charge in [-0.05, 0) is 39.8 Å². The number of nitrogens with zero attached hydrogens (tertiary/aromatic N) is 2. The Labute approximate surface area is 142 Å². The molecule has 24 heavy (non-hydrogen) atoms. The smallest absolute Gasteiger partial charge is 0.354 e. The van der Waals surface area contributed by atoms with Crippen LogP contribution in [0.5, 0.6) is 0 Å². The van der Waals surface area contributed by atoms with Crippen LogP contribution in [-0.2, 0) is 11.3 Å². The minimum Gasteiger partial charge on any atom is -0.464 e. The zero-order valence-electron chi connectivity index (χ0n) is 14.7. The fourth-order valence-corrected chi connectivity index (χ4v) is 3.57. The van der Waals surface area contributed by atoms with E-state index < -0.39 is 12.1 Å². The topological polar surface area (TPSA) is 67.8 Å². The van der Waals surface area contributed by atoms with E-state index in [9.17, 15) is 9.90 Å². The highest BCUT2D eigenvalue weighted by Gasteiger charge is 2.24. The fourth-order valence-electron chi connectivity index (χ4n) is 3.57. The van der Waals surface area contributed by atoms with Crippen LogP contribution in [-0.4, -0.2) is 53.4 Å². The van der Waals surface area contributed by atoms with Crippen molar-refractivity contribution in [2.24, 2.45) is 0 Å². The van der Waals surface area contributed by atoms with E-state index in [4.69, 9.17) is 9.15 Å². The van der Waals surface area contributed by atoms with E-state index in [1.165, 1.54) is 26.4 Å². The van der Waals surface area contributed by atoms with Gasteiger partial charge in [0.2, 0.25) is 0 Å². The molecule has 0 radical (unpaired) electrons. The van der Waals surface area contributed by atoms with Gasteiger partial charge >= 0.3 is 5.97 Å². The lowest BCUT2D eigenvalue weighted by molar-refractivity contribution is 0.0576. The Morgan fingerprint density at radius 2 is 2.00 bits per heavy atom. The molecule has 0 aromatic carbocycles. The van der Waals surface area contributed by atoms with E-state index in [-0.39, 0.29) is 0 Å². The molecule has 1 N–H and O–H groups in total. The first kappa shape index (κ1) is 17.0. The minimum absolute atomic E-state index is 0.351. The summed E-state index contributed by atoms with van der Waals surface area (Å²) >= 11 is 0. The quantitative estimate of drug-likeness (QED) is 0.851. The highest BCUT2D eigenvalue weighted by Crippen LogP contribution is 2.29. The zero-order chi connectivity index (χ0) is 17.3. The Balaban J connectivity index is 1.86. The van der Waals surface area contributed by atoms with Crippen LogP contribution in [0.4, 0.5) is 0 Å². The number of aliphatic hydroxyl groups is 1. The van der Waals surface area contributed by atoms with Crippen LogP contribution < -0.4 is 0 Å². The Bertz CT molecular complexity index is 725. The van der Waals surface area contributed by atoms with Gasteiger partial charge in [-0.1, -0.05) is 6.42 Å². The van der Waals surface area contributed by atoms with Crippen LogP contribution in [0.15, 0.2) is 10.5 Å². The summed E-state index contributed by atoms with van der Waals surface area (Å²) in [4.78, 5) is 14.4. The van der Waals surface area contributed by atoms with Gasteiger partial charge in [0.05, 0.1) is 25.3 Å². The number of β-amino-alcohol motifs (C(OH)–C–C–N with tert-alkyl or cyclic N) is 1. The maximum Gasteiger partial charge on any atom is 0.354 e. The molecule has 1 atom stereocenters. The summed E-state index contributed by atoms with van der Waals surface area (Å²) in [5, 5.41) is 10.6. The van der Waals surface area contributed by atoms with Gasteiger partial charge in [-0.25, -0.2) is 4.79 Å². The monoisotopic (exact) mass is 334 g/mol. The lowest BCUT2D eigenvalue weighted by Crippen LogP contribution is -2.38. The molecule has 6 heteroatoms. The van der Waals surface area contributed by atoms with E-state index >= 15 is 0 Å². The summed E-state index contributed by atoms with van der Waals surface area (Å²) < 4.78 is 12.4. The van der Waals surface area contributed by atoms with Crippen LogP contribution in [0.25, 0.3) is 11.1 Å². The number of piperidine rings is 1. The normalized spacial score (nSPS) is 17.3. The number of carbonyl (C=O) groups is 1. The third-order valence-corrected chi connectivity index (χ3v) is 4.91. The van der Waals surface area contributed by atoms with E-state index in [2.05, 4.69) is 4.90 Å². The van der Waals surface area contributed by atoms with Crippen molar-refractivity contribution >= 4 is 17.1 Å². The van der Waals surface area contributed by atoms with Crippen molar-refractivity contribution in [2.45, 2.75) is 45.8 Å². The second-order valence-corrected chi connectivity index (χ2v) is 6.64. The average molecular weight is 334 g/mol. The van der Waals surface area contributed by atoms with Gasteiger partial charge in [0.1, 0.15) is 11.5 Å². The number of rotatable bonds is 5. The van der Waals surface area contributed by atoms with E-state index in [0.717, 1.165) is 29.9 Å². The predicted molar refractivity (Wildman–Crippen MR) is 91.3 cm³/mol. The first-order valence-corrected chi connectivity index (χ1v) is 8.59. The van der Waals surface area contributed by atoms with Crippen molar-refractivity contribution in [3.63, 3.8) is 0 Å². The molecule has 0 aliphatic carbocycles. The number of aliphatic hydroxyl groups excluding tert-OH is 1. The number of aromatic nitrogens is 1.